The Kier molecular flexibility index (Phi) is 4.13. The second-order valence-electron chi connectivity index (χ2n) is 5.42. The van der Waals surface area contributed by atoms with E-state index in [9.17, 15) is 9.90 Å². The lowest BCUT2D eigenvalue weighted by Crippen LogP contribution is -2.25. The van der Waals surface area contributed by atoms with E-state index < -0.39 is 11.4 Å². The van der Waals surface area contributed by atoms with E-state index in [0.29, 0.717) is 0 Å². The average molecular weight is 261 g/mol. The van der Waals surface area contributed by atoms with Crippen molar-refractivity contribution in [3.63, 3.8) is 0 Å². The Morgan fingerprint density at radius 3 is 2.05 bits per heavy atom. The molecule has 1 fully saturated rings. The number of rotatable bonds is 7. The second-order valence-corrected chi connectivity index (χ2v) is 5.42. The molecule has 19 heavy (non-hydrogen) atoms. The number of carbonyl (C=O) groups is 1. The van der Waals surface area contributed by atoms with Gasteiger partial charge < -0.3 is 10.0 Å². The monoisotopic (exact) mass is 261 g/mol. The van der Waals surface area contributed by atoms with Gasteiger partial charge in [0.15, 0.2) is 0 Å². The molecule has 0 amide bonds. The SMILES string of the molecule is CCCN(CCC)c1ccc(C2(C(=O)O)CC2)cc1. The summed E-state index contributed by atoms with van der Waals surface area (Å²) in [6.45, 7) is 6.47. The van der Waals surface area contributed by atoms with Crippen molar-refractivity contribution < 1.29 is 9.90 Å². The molecule has 1 aliphatic carbocycles. The average Bonchev–Trinajstić information content (AvgIpc) is 3.20. The maximum absolute atomic E-state index is 11.3. The molecular weight excluding hydrogens is 238 g/mol. The molecule has 3 nitrogen and oxygen atoms in total. The van der Waals surface area contributed by atoms with Crippen molar-refractivity contribution in [2.24, 2.45) is 0 Å². The molecule has 0 atom stereocenters. The van der Waals surface area contributed by atoms with Crippen LogP contribution >= 0.6 is 0 Å². The van der Waals surface area contributed by atoms with E-state index in [2.05, 4.69) is 30.9 Å². The quantitative estimate of drug-likeness (QED) is 0.817. The van der Waals surface area contributed by atoms with Crippen LogP contribution in [0.3, 0.4) is 0 Å². The molecule has 0 aromatic heterocycles. The Hall–Kier alpha value is -1.51. The first-order valence-corrected chi connectivity index (χ1v) is 7.23. The highest BCUT2D eigenvalue weighted by Crippen LogP contribution is 2.48. The Bertz CT molecular complexity index is 429. The predicted molar refractivity (Wildman–Crippen MR) is 77.8 cm³/mol. The minimum atomic E-state index is -0.681. The van der Waals surface area contributed by atoms with Gasteiger partial charge in [-0.05, 0) is 43.4 Å². The summed E-state index contributed by atoms with van der Waals surface area (Å²) in [5.74, 6) is -0.681. The van der Waals surface area contributed by atoms with Crippen molar-refractivity contribution in [3.05, 3.63) is 29.8 Å². The molecule has 1 aromatic rings. The molecule has 0 aliphatic heterocycles. The van der Waals surface area contributed by atoms with Gasteiger partial charge in [0.2, 0.25) is 0 Å². The van der Waals surface area contributed by atoms with Gasteiger partial charge in [0.05, 0.1) is 5.41 Å². The predicted octanol–water partition coefficient (Wildman–Crippen LogP) is 3.43. The fourth-order valence-electron chi connectivity index (χ4n) is 2.65. The zero-order valence-electron chi connectivity index (χ0n) is 11.9. The van der Waals surface area contributed by atoms with E-state index in [0.717, 1.165) is 44.3 Å². The minimum absolute atomic E-state index is 0.584. The number of nitrogens with zero attached hydrogens (tertiary/aromatic N) is 1. The maximum atomic E-state index is 11.3. The third kappa shape index (κ3) is 2.75. The van der Waals surface area contributed by atoms with Crippen LogP contribution in [-0.4, -0.2) is 24.2 Å². The van der Waals surface area contributed by atoms with E-state index >= 15 is 0 Å². The summed E-state index contributed by atoms with van der Waals surface area (Å²) in [6, 6.07) is 8.14. The molecule has 104 valence electrons. The molecule has 2 rings (SSSR count). The van der Waals surface area contributed by atoms with Crippen LogP contribution in [0.5, 0.6) is 0 Å². The van der Waals surface area contributed by atoms with Gasteiger partial charge >= 0.3 is 5.97 Å². The number of carboxylic acids is 1. The molecule has 0 unspecified atom stereocenters. The zero-order valence-corrected chi connectivity index (χ0v) is 11.9. The summed E-state index contributed by atoms with van der Waals surface area (Å²) < 4.78 is 0. The summed E-state index contributed by atoms with van der Waals surface area (Å²) in [7, 11) is 0. The van der Waals surface area contributed by atoms with Gasteiger partial charge in [-0.25, -0.2) is 0 Å². The molecule has 0 spiro atoms. The lowest BCUT2D eigenvalue weighted by Gasteiger charge is -2.24. The van der Waals surface area contributed by atoms with Gasteiger partial charge in [-0.2, -0.15) is 0 Å². The molecule has 0 saturated heterocycles. The van der Waals surface area contributed by atoms with Crippen molar-refractivity contribution in [2.45, 2.75) is 44.9 Å². The number of hydrogen-bond donors (Lipinski definition) is 1. The van der Waals surface area contributed by atoms with Gasteiger partial charge in [-0.3, -0.25) is 4.79 Å². The summed E-state index contributed by atoms with van der Waals surface area (Å²) >= 11 is 0. The molecular formula is C16H23NO2. The highest BCUT2D eigenvalue weighted by molar-refractivity contribution is 5.85. The van der Waals surface area contributed by atoms with E-state index in [1.165, 1.54) is 5.69 Å². The summed E-state index contributed by atoms with van der Waals surface area (Å²) in [5, 5.41) is 9.29. The Labute approximate surface area is 115 Å². The Morgan fingerprint density at radius 1 is 1.16 bits per heavy atom. The second kappa shape index (κ2) is 5.64. The lowest BCUT2D eigenvalue weighted by atomic mass is 9.96. The van der Waals surface area contributed by atoms with Crippen LogP contribution in [0.2, 0.25) is 0 Å². The molecule has 3 heteroatoms. The molecule has 1 aliphatic rings. The van der Waals surface area contributed by atoms with Crippen molar-refractivity contribution in [3.8, 4) is 0 Å². The van der Waals surface area contributed by atoms with Crippen LogP contribution in [-0.2, 0) is 10.2 Å². The van der Waals surface area contributed by atoms with Crippen LogP contribution in [0.15, 0.2) is 24.3 Å². The fourth-order valence-corrected chi connectivity index (χ4v) is 2.65. The number of benzene rings is 1. The smallest absolute Gasteiger partial charge is 0.314 e. The van der Waals surface area contributed by atoms with Crippen LogP contribution in [0.25, 0.3) is 0 Å². The molecule has 0 heterocycles. The van der Waals surface area contributed by atoms with Crippen molar-refractivity contribution in [1.82, 2.24) is 0 Å². The Morgan fingerprint density at radius 2 is 1.68 bits per heavy atom. The van der Waals surface area contributed by atoms with Crippen LogP contribution in [0.1, 0.15) is 45.1 Å². The molecule has 1 aromatic carbocycles. The lowest BCUT2D eigenvalue weighted by molar-refractivity contribution is -0.140. The van der Waals surface area contributed by atoms with Crippen molar-refractivity contribution in [2.75, 3.05) is 18.0 Å². The number of carboxylic acid groups (broad SMARTS) is 1. The number of anilines is 1. The minimum Gasteiger partial charge on any atom is -0.481 e. The van der Waals surface area contributed by atoms with Crippen LogP contribution in [0, 0.1) is 0 Å². The first kappa shape index (κ1) is 13.9. The summed E-state index contributed by atoms with van der Waals surface area (Å²) in [4.78, 5) is 13.7. The largest absolute Gasteiger partial charge is 0.481 e. The third-order valence-corrected chi connectivity index (χ3v) is 3.93. The summed E-state index contributed by atoms with van der Waals surface area (Å²) in [6.07, 6.45) is 3.80. The first-order valence-electron chi connectivity index (χ1n) is 7.23. The van der Waals surface area contributed by atoms with Crippen molar-refractivity contribution >= 4 is 11.7 Å². The molecule has 0 radical (unpaired) electrons. The van der Waals surface area contributed by atoms with E-state index in [1.54, 1.807) is 0 Å². The van der Waals surface area contributed by atoms with E-state index in [1.807, 2.05) is 12.1 Å². The van der Waals surface area contributed by atoms with Gasteiger partial charge in [-0.15, -0.1) is 0 Å². The van der Waals surface area contributed by atoms with Gasteiger partial charge in [0.1, 0.15) is 0 Å². The fraction of sp³-hybridized carbons (Fsp3) is 0.562. The van der Waals surface area contributed by atoms with E-state index in [4.69, 9.17) is 0 Å². The number of hydrogen-bond acceptors (Lipinski definition) is 2. The van der Waals surface area contributed by atoms with Crippen LogP contribution in [0.4, 0.5) is 5.69 Å². The van der Waals surface area contributed by atoms with Gasteiger partial charge in [-0.1, -0.05) is 26.0 Å². The number of aliphatic carboxylic acids is 1. The molecule has 1 saturated carbocycles. The van der Waals surface area contributed by atoms with Crippen molar-refractivity contribution in [1.29, 1.82) is 0 Å². The first-order chi connectivity index (χ1) is 9.14. The van der Waals surface area contributed by atoms with Crippen LogP contribution < -0.4 is 4.90 Å². The third-order valence-electron chi connectivity index (χ3n) is 3.93. The molecule has 0 bridgehead atoms. The maximum Gasteiger partial charge on any atom is 0.314 e. The normalized spacial score (nSPS) is 16.1. The topological polar surface area (TPSA) is 40.5 Å². The van der Waals surface area contributed by atoms with Gasteiger partial charge in [0, 0.05) is 18.8 Å². The Balaban J connectivity index is 2.15. The highest BCUT2D eigenvalue weighted by atomic mass is 16.4. The van der Waals surface area contributed by atoms with Gasteiger partial charge in [0.25, 0.3) is 0 Å². The summed E-state index contributed by atoms with van der Waals surface area (Å²) in [5.41, 5.74) is 1.57. The standard InChI is InChI=1S/C16H23NO2/c1-3-11-17(12-4-2)14-7-5-13(6-8-14)16(9-10-16)15(18)19/h5-8H,3-4,9-12H2,1-2H3,(H,18,19). The zero-order chi connectivity index (χ0) is 13.9. The molecule has 1 N–H and O–H groups in total. The van der Waals surface area contributed by atoms with E-state index in [-0.39, 0.29) is 0 Å². The highest BCUT2D eigenvalue weighted by Gasteiger charge is 2.51.